The zero-order valence-electron chi connectivity index (χ0n) is 11.9. The Balaban J connectivity index is 1.97. The number of aromatic carboxylic acids is 1. The first-order valence-electron chi connectivity index (χ1n) is 6.87. The van der Waals surface area contributed by atoms with E-state index in [-0.39, 0.29) is 16.7 Å². The zero-order valence-corrected chi connectivity index (χ0v) is 12.7. The number of hydrogen-bond donors (Lipinski definition) is 3. The van der Waals surface area contributed by atoms with Gasteiger partial charge in [0.2, 0.25) is 5.91 Å². The maximum Gasteiger partial charge on any atom is 0.348 e. The monoisotopic (exact) mass is 317 g/mol. The second-order valence-electron chi connectivity index (χ2n) is 5.34. The number of hydrogen-bond acceptors (Lipinski definition) is 5. The SMILES string of the molecule is Cc1ccc(-c2nc(NC(=O)C3CC3)sc2C(=O)O)cc1N. The molecule has 0 radical (unpaired) electrons. The minimum absolute atomic E-state index is 0.0376. The van der Waals surface area contributed by atoms with Gasteiger partial charge < -0.3 is 16.2 Å². The van der Waals surface area contributed by atoms with E-state index in [2.05, 4.69) is 10.3 Å². The van der Waals surface area contributed by atoms with Crippen LogP contribution in [0, 0.1) is 12.8 Å². The van der Waals surface area contributed by atoms with Crippen molar-refractivity contribution in [3.63, 3.8) is 0 Å². The lowest BCUT2D eigenvalue weighted by Crippen LogP contribution is -2.12. The van der Waals surface area contributed by atoms with Crippen LogP contribution in [0.5, 0.6) is 0 Å². The van der Waals surface area contributed by atoms with Crippen LogP contribution in [0.2, 0.25) is 0 Å². The Morgan fingerprint density at radius 1 is 1.41 bits per heavy atom. The molecule has 0 saturated heterocycles. The quantitative estimate of drug-likeness (QED) is 0.752. The maximum atomic E-state index is 11.8. The Kier molecular flexibility index (Phi) is 3.58. The highest BCUT2D eigenvalue weighted by molar-refractivity contribution is 7.18. The molecule has 0 bridgehead atoms. The molecule has 114 valence electrons. The first-order valence-corrected chi connectivity index (χ1v) is 7.69. The van der Waals surface area contributed by atoms with Gasteiger partial charge in [-0.3, -0.25) is 4.79 Å². The van der Waals surface area contributed by atoms with Gasteiger partial charge in [-0.25, -0.2) is 9.78 Å². The molecule has 3 rings (SSSR count). The van der Waals surface area contributed by atoms with Crippen molar-refractivity contribution in [1.82, 2.24) is 4.98 Å². The number of nitrogens with one attached hydrogen (secondary N) is 1. The van der Waals surface area contributed by atoms with Crippen molar-refractivity contribution in [2.24, 2.45) is 5.92 Å². The van der Waals surface area contributed by atoms with Crippen LogP contribution in [0.3, 0.4) is 0 Å². The summed E-state index contributed by atoms with van der Waals surface area (Å²) in [5, 5.41) is 12.3. The average Bonchev–Trinajstić information content (AvgIpc) is 3.23. The summed E-state index contributed by atoms with van der Waals surface area (Å²) < 4.78 is 0. The number of rotatable bonds is 4. The first kappa shape index (κ1) is 14.5. The fourth-order valence-corrected chi connectivity index (χ4v) is 2.88. The van der Waals surface area contributed by atoms with E-state index in [1.54, 1.807) is 12.1 Å². The van der Waals surface area contributed by atoms with Crippen LogP contribution in [0.1, 0.15) is 28.1 Å². The molecule has 1 aromatic heterocycles. The number of carboxylic acids is 1. The number of anilines is 2. The number of thiazole rings is 1. The van der Waals surface area contributed by atoms with Crippen molar-refractivity contribution >= 4 is 34.0 Å². The van der Waals surface area contributed by atoms with Gasteiger partial charge in [-0.15, -0.1) is 0 Å². The van der Waals surface area contributed by atoms with Crippen LogP contribution in [0.25, 0.3) is 11.3 Å². The summed E-state index contributed by atoms with van der Waals surface area (Å²) in [6.07, 6.45) is 1.76. The van der Waals surface area contributed by atoms with Crippen LogP contribution in [0.4, 0.5) is 10.8 Å². The number of nitrogens with zero attached hydrogens (tertiary/aromatic N) is 1. The van der Waals surface area contributed by atoms with E-state index in [0.29, 0.717) is 22.1 Å². The Hall–Kier alpha value is -2.41. The number of carbonyl (C=O) groups excluding carboxylic acids is 1. The van der Waals surface area contributed by atoms with E-state index in [1.807, 2.05) is 13.0 Å². The first-order chi connectivity index (χ1) is 10.5. The Morgan fingerprint density at radius 3 is 2.73 bits per heavy atom. The van der Waals surface area contributed by atoms with Gasteiger partial charge in [0.15, 0.2) is 5.13 Å². The third-order valence-corrected chi connectivity index (χ3v) is 4.51. The van der Waals surface area contributed by atoms with Gasteiger partial charge in [0.25, 0.3) is 0 Å². The molecule has 4 N–H and O–H groups in total. The van der Waals surface area contributed by atoms with Crippen molar-refractivity contribution in [1.29, 1.82) is 0 Å². The standard InChI is InChI=1S/C15H15N3O3S/c1-7-2-3-9(6-10(7)16)11-12(14(20)21)22-15(17-11)18-13(19)8-4-5-8/h2-3,6,8H,4-5,16H2,1H3,(H,20,21)(H,17,18,19). The minimum Gasteiger partial charge on any atom is -0.477 e. The lowest BCUT2D eigenvalue weighted by Gasteiger charge is -2.03. The van der Waals surface area contributed by atoms with Crippen LogP contribution in [-0.2, 0) is 4.79 Å². The van der Waals surface area contributed by atoms with Crippen molar-refractivity contribution in [2.45, 2.75) is 19.8 Å². The number of nitrogen functional groups attached to an aromatic ring is 1. The van der Waals surface area contributed by atoms with Gasteiger partial charge in [0.1, 0.15) is 4.88 Å². The highest BCUT2D eigenvalue weighted by Crippen LogP contribution is 2.35. The Morgan fingerprint density at radius 2 is 2.14 bits per heavy atom. The average molecular weight is 317 g/mol. The smallest absolute Gasteiger partial charge is 0.348 e. The minimum atomic E-state index is -1.07. The van der Waals surface area contributed by atoms with Crippen LogP contribution < -0.4 is 11.1 Å². The van der Waals surface area contributed by atoms with Crippen molar-refractivity contribution in [3.8, 4) is 11.3 Å². The number of amides is 1. The van der Waals surface area contributed by atoms with Gasteiger partial charge in [-0.2, -0.15) is 0 Å². The van der Waals surface area contributed by atoms with E-state index in [1.165, 1.54) is 0 Å². The molecule has 1 aromatic carbocycles. The highest BCUT2D eigenvalue weighted by atomic mass is 32.1. The molecule has 1 aliphatic carbocycles. The summed E-state index contributed by atoms with van der Waals surface area (Å²) >= 11 is 0.963. The number of benzene rings is 1. The molecule has 1 saturated carbocycles. The predicted molar refractivity (Wildman–Crippen MR) is 85.0 cm³/mol. The molecular formula is C15H15N3O3S. The van der Waals surface area contributed by atoms with E-state index in [0.717, 1.165) is 29.7 Å². The predicted octanol–water partition coefficient (Wildman–Crippen LogP) is 2.75. The van der Waals surface area contributed by atoms with Crippen LogP contribution >= 0.6 is 11.3 Å². The van der Waals surface area contributed by atoms with E-state index < -0.39 is 5.97 Å². The number of nitrogens with two attached hydrogens (primary N) is 1. The van der Waals surface area contributed by atoms with Gasteiger partial charge in [-0.1, -0.05) is 23.5 Å². The van der Waals surface area contributed by atoms with Gasteiger partial charge >= 0.3 is 5.97 Å². The topological polar surface area (TPSA) is 105 Å². The molecule has 1 amide bonds. The summed E-state index contributed by atoms with van der Waals surface area (Å²) in [7, 11) is 0. The van der Waals surface area contributed by atoms with Crippen molar-refractivity contribution in [2.75, 3.05) is 11.1 Å². The number of aromatic nitrogens is 1. The van der Waals surface area contributed by atoms with E-state index in [9.17, 15) is 14.7 Å². The van der Waals surface area contributed by atoms with E-state index >= 15 is 0 Å². The normalized spacial score (nSPS) is 13.9. The van der Waals surface area contributed by atoms with Crippen LogP contribution in [-0.4, -0.2) is 22.0 Å². The summed E-state index contributed by atoms with van der Waals surface area (Å²) in [6, 6.07) is 5.29. The summed E-state index contributed by atoms with van der Waals surface area (Å²) in [5.74, 6) is -1.13. The molecular weight excluding hydrogens is 302 g/mol. The second kappa shape index (κ2) is 5.42. The molecule has 1 heterocycles. The third-order valence-electron chi connectivity index (χ3n) is 3.55. The van der Waals surface area contributed by atoms with Gasteiger partial charge in [0, 0.05) is 17.2 Å². The van der Waals surface area contributed by atoms with Gasteiger partial charge in [0.05, 0.1) is 5.69 Å². The Labute approximate surface area is 131 Å². The van der Waals surface area contributed by atoms with Crippen molar-refractivity contribution < 1.29 is 14.7 Å². The lowest BCUT2D eigenvalue weighted by molar-refractivity contribution is -0.117. The maximum absolute atomic E-state index is 11.8. The molecule has 1 fully saturated rings. The van der Waals surface area contributed by atoms with Gasteiger partial charge in [-0.05, 0) is 31.4 Å². The third kappa shape index (κ3) is 2.80. The molecule has 0 aliphatic heterocycles. The molecule has 2 aromatic rings. The lowest BCUT2D eigenvalue weighted by atomic mass is 10.1. The summed E-state index contributed by atoms with van der Waals surface area (Å²) in [4.78, 5) is 27.6. The van der Waals surface area contributed by atoms with Crippen molar-refractivity contribution in [3.05, 3.63) is 28.6 Å². The molecule has 0 atom stereocenters. The number of carbonyl (C=O) groups is 2. The fraction of sp³-hybridized carbons (Fsp3) is 0.267. The van der Waals surface area contributed by atoms with E-state index in [4.69, 9.17) is 5.73 Å². The molecule has 0 spiro atoms. The Bertz CT molecular complexity index is 765. The molecule has 1 aliphatic rings. The molecule has 7 heteroatoms. The fourth-order valence-electron chi connectivity index (χ4n) is 2.05. The molecule has 0 unspecified atom stereocenters. The highest BCUT2D eigenvalue weighted by Gasteiger charge is 2.30. The largest absolute Gasteiger partial charge is 0.477 e. The summed E-state index contributed by atoms with van der Waals surface area (Å²) in [6.45, 7) is 1.87. The second-order valence-corrected chi connectivity index (χ2v) is 6.34. The summed E-state index contributed by atoms with van der Waals surface area (Å²) in [5.41, 5.74) is 8.32. The number of aryl methyl sites for hydroxylation is 1. The molecule has 6 nitrogen and oxygen atoms in total. The zero-order chi connectivity index (χ0) is 15.9. The number of carboxylic acid groups (broad SMARTS) is 1. The molecule has 22 heavy (non-hydrogen) atoms. The van der Waals surface area contributed by atoms with Crippen LogP contribution in [0.15, 0.2) is 18.2 Å².